The molecule has 0 bridgehead atoms. The Kier molecular flexibility index (Phi) is 6.81. The fourth-order valence-electron chi connectivity index (χ4n) is 1.69. The Morgan fingerprint density at radius 3 is 2.50 bits per heavy atom. The zero-order chi connectivity index (χ0) is 15.0. The van der Waals surface area contributed by atoms with Gasteiger partial charge in [-0.3, -0.25) is 0 Å². The van der Waals surface area contributed by atoms with Crippen LogP contribution in [0.2, 0.25) is 0 Å². The molecule has 0 fully saturated rings. The van der Waals surface area contributed by atoms with Crippen LogP contribution in [0.4, 0.5) is 0 Å². The molecule has 1 rings (SSSR count). The largest absolute Gasteiger partial charge is 0.493 e. The lowest BCUT2D eigenvalue weighted by Gasteiger charge is -2.22. The third-order valence-corrected chi connectivity index (χ3v) is 3.04. The maximum Gasteiger partial charge on any atom is 0.333 e. The van der Waals surface area contributed by atoms with E-state index in [1.54, 1.807) is 0 Å². The second-order valence-corrected chi connectivity index (χ2v) is 4.91. The minimum atomic E-state index is -0.471. The first-order valence-corrected chi connectivity index (χ1v) is 6.67. The monoisotopic (exact) mass is 278 g/mol. The molecule has 20 heavy (non-hydrogen) atoms. The summed E-state index contributed by atoms with van der Waals surface area (Å²) < 4.78 is 10.1. The molecular formula is C16H22O4. The van der Waals surface area contributed by atoms with Crippen molar-refractivity contribution in [2.75, 3.05) is 7.11 Å². The SMILES string of the molecule is COC(=O)/C=C/O[C@@H](C[C@@H](O)C(C)C)c1ccccc1. The third kappa shape index (κ3) is 5.45. The lowest BCUT2D eigenvalue weighted by Crippen LogP contribution is -2.19. The zero-order valence-corrected chi connectivity index (χ0v) is 12.2. The molecular weight excluding hydrogens is 256 g/mol. The first kappa shape index (κ1) is 16.2. The Labute approximate surface area is 120 Å². The van der Waals surface area contributed by atoms with Crippen LogP contribution >= 0.6 is 0 Å². The van der Waals surface area contributed by atoms with Crippen LogP contribution in [0, 0.1) is 5.92 Å². The van der Waals surface area contributed by atoms with Gasteiger partial charge in [-0.2, -0.15) is 0 Å². The molecule has 1 aromatic rings. The van der Waals surface area contributed by atoms with Gasteiger partial charge in [0, 0.05) is 6.42 Å². The van der Waals surface area contributed by atoms with Crippen LogP contribution in [0.3, 0.4) is 0 Å². The number of esters is 1. The number of methoxy groups -OCH3 is 1. The van der Waals surface area contributed by atoms with E-state index < -0.39 is 12.1 Å². The maximum atomic E-state index is 11.0. The minimum absolute atomic E-state index is 0.148. The summed E-state index contributed by atoms with van der Waals surface area (Å²) in [6, 6.07) is 9.62. The van der Waals surface area contributed by atoms with Crippen molar-refractivity contribution in [3.8, 4) is 0 Å². The highest BCUT2D eigenvalue weighted by atomic mass is 16.5. The minimum Gasteiger partial charge on any atom is -0.493 e. The number of rotatable bonds is 7. The van der Waals surface area contributed by atoms with Gasteiger partial charge >= 0.3 is 5.97 Å². The van der Waals surface area contributed by atoms with E-state index in [9.17, 15) is 9.90 Å². The van der Waals surface area contributed by atoms with Crippen LogP contribution in [0.25, 0.3) is 0 Å². The lowest BCUT2D eigenvalue weighted by atomic mass is 9.97. The second kappa shape index (κ2) is 8.38. The first-order valence-electron chi connectivity index (χ1n) is 6.67. The number of carbonyl (C=O) groups is 1. The van der Waals surface area contributed by atoms with Crippen LogP contribution in [-0.4, -0.2) is 24.3 Å². The van der Waals surface area contributed by atoms with Crippen molar-refractivity contribution in [3.05, 3.63) is 48.2 Å². The van der Waals surface area contributed by atoms with Gasteiger partial charge < -0.3 is 14.6 Å². The molecule has 4 nitrogen and oxygen atoms in total. The van der Waals surface area contributed by atoms with E-state index in [0.717, 1.165) is 5.56 Å². The summed E-state index contributed by atoms with van der Waals surface area (Å²) in [5, 5.41) is 10.0. The van der Waals surface area contributed by atoms with Crippen LogP contribution in [-0.2, 0) is 14.3 Å². The van der Waals surface area contributed by atoms with Gasteiger partial charge in [0.15, 0.2) is 0 Å². The van der Waals surface area contributed by atoms with Crippen molar-refractivity contribution in [1.29, 1.82) is 0 Å². The molecule has 0 aliphatic heterocycles. The standard InChI is InChI=1S/C16H22O4/c1-12(2)14(17)11-15(13-7-5-4-6-8-13)20-10-9-16(18)19-3/h4-10,12,14-15,17H,11H2,1-3H3/b10-9+/t14-,15+/m1/s1. The predicted molar refractivity (Wildman–Crippen MR) is 76.9 cm³/mol. The van der Waals surface area contributed by atoms with Crippen LogP contribution in [0.5, 0.6) is 0 Å². The molecule has 0 amide bonds. The molecule has 0 spiro atoms. The topological polar surface area (TPSA) is 55.8 Å². The Balaban J connectivity index is 2.75. The van der Waals surface area contributed by atoms with Gasteiger partial charge in [0.1, 0.15) is 6.10 Å². The first-order chi connectivity index (χ1) is 9.54. The normalized spacial score (nSPS) is 14.2. The molecule has 0 aliphatic rings. The molecule has 4 heteroatoms. The van der Waals surface area contributed by atoms with Crippen molar-refractivity contribution in [1.82, 2.24) is 0 Å². The van der Waals surface area contributed by atoms with E-state index >= 15 is 0 Å². The summed E-state index contributed by atoms with van der Waals surface area (Å²) >= 11 is 0. The maximum absolute atomic E-state index is 11.0. The average Bonchev–Trinajstić information content (AvgIpc) is 2.46. The van der Waals surface area contributed by atoms with Gasteiger partial charge in [0.2, 0.25) is 0 Å². The molecule has 0 unspecified atom stereocenters. The van der Waals surface area contributed by atoms with Crippen molar-refractivity contribution in [2.24, 2.45) is 5.92 Å². The quantitative estimate of drug-likeness (QED) is 0.473. The highest BCUT2D eigenvalue weighted by Gasteiger charge is 2.19. The molecule has 0 saturated heterocycles. The average molecular weight is 278 g/mol. The van der Waals surface area contributed by atoms with Gasteiger partial charge in [-0.25, -0.2) is 4.79 Å². The Morgan fingerprint density at radius 1 is 1.30 bits per heavy atom. The van der Waals surface area contributed by atoms with E-state index in [-0.39, 0.29) is 12.0 Å². The third-order valence-electron chi connectivity index (χ3n) is 3.04. The van der Waals surface area contributed by atoms with E-state index in [4.69, 9.17) is 4.74 Å². The van der Waals surface area contributed by atoms with Crippen molar-refractivity contribution >= 4 is 5.97 Å². The van der Waals surface area contributed by atoms with Gasteiger partial charge in [-0.05, 0) is 11.5 Å². The number of hydrogen-bond acceptors (Lipinski definition) is 4. The summed E-state index contributed by atoms with van der Waals surface area (Å²) in [6.07, 6.45) is 2.24. The van der Waals surface area contributed by atoms with Crippen molar-refractivity contribution in [3.63, 3.8) is 0 Å². The zero-order valence-electron chi connectivity index (χ0n) is 12.2. The van der Waals surface area contributed by atoms with Crippen LogP contribution < -0.4 is 0 Å². The molecule has 0 radical (unpaired) electrons. The van der Waals surface area contributed by atoms with Crippen LogP contribution in [0.15, 0.2) is 42.7 Å². The molecule has 1 N–H and O–H groups in total. The molecule has 0 heterocycles. The summed E-state index contributed by atoms with van der Waals surface area (Å²) in [5.74, 6) is -0.324. The second-order valence-electron chi connectivity index (χ2n) is 4.91. The van der Waals surface area contributed by atoms with E-state index in [1.807, 2.05) is 44.2 Å². The predicted octanol–water partition coefficient (Wildman–Crippen LogP) is 2.84. The number of aliphatic hydroxyl groups excluding tert-OH is 1. The number of hydrogen-bond donors (Lipinski definition) is 1. The summed E-state index contributed by atoms with van der Waals surface area (Å²) in [7, 11) is 1.31. The van der Waals surface area contributed by atoms with Gasteiger partial charge in [0.05, 0.1) is 25.6 Å². The summed E-state index contributed by atoms with van der Waals surface area (Å²) in [6.45, 7) is 3.91. The Hall–Kier alpha value is -1.81. The summed E-state index contributed by atoms with van der Waals surface area (Å²) in [4.78, 5) is 11.0. The lowest BCUT2D eigenvalue weighted by molar-refractivity contribution is -0.135. The Morgan fingerprint density at radius 2 is 1.95 bits per heavy atom. The summed E-state index contributed by atoms with van der Waals surface area (Å²) in [5.41, 5.74) is 0.960. The number of carbonyl (C=O) groups excluding carboxylic acids is 1. The molecule has 2 atom stereocenters. The number of benzene rings is 1. The van der Waals surface area contributed by atoms with Gasteiger partial charge in [0.25, 0.3) is 0 Å². The molecule has 0 aromatic heterocycles. The number of ether oxygens (including phenoxy) is 2. The van der Waals surface area contributed by atoms with Crippen molar-refractivity contribution in [2.45, 2.75) is 32.5 Å². The van der Waals surface area contributed by atoms with E-state index in [2.05, 4.69) is 4.74 Å². The van der Waals surface area contributed by atoms with Gasteiger partial charge in [-0.1, -0.05) is 44.2 Å². The molecule has 0 saturated carbocycles. The van der Waals surface area contributed by atoms with E-state index in [0.29, 0.717) is 6.42 Å². The molecule has 110 valence electrons. The van der Waals surface area contributed by atoms with Crippen molar-refractivity contribution < 1.29 is 19.4 Å². The van der Waals surface area contributed by atoms with Crippen LogP contribution in [0.1, 0.15) is 31.9 Å². The van der Waals surface area contributed by atoms with Gasteiger partial charge in [-0.15, -0.1) is 0 Å². The van der Waals surface area contributed by atoms with E-state index in [1.165, 1.54) is 19.4 Å². The fourth-order valence-corrected chi connectivity index (χ4v) is 1.69. The molecule has 1 aromatic carbocycles. The molecule has 0 aliphatic carbocycles. The Bertz CT molecular complexity index is 425. The highest BCUT2D eigenvalue weighted by Crippen LogP contribution is 2.25. The fraction of sp³-hybridized carbons (Fsp3) is 0.438. The smallest absolute Gasteiger partial charge is 0.333 e. The number of aliphatic hydroxyl groups is 1. The highest BCUT2D eigenvalue weighted by molar-refractivity contribution is 5.81.